The summed E-state index contributed by atoms with van der Waals surface area (Å²) in [7, 11) is 0. The summed E-state index contributed by atoms with van der Waals surface area (Å²) in [5.41, 5.74) is 9.24. The first-order valence-electron chi connectivity index (χ1n) is 7.73. The zero-order valence-corrected chi connectivity index (χ0v) is 13.1. The normalized spacial score (nSPS) is 22.8. The third-order valence-electron chi connectivity index (χ3n) is 5.31. The number of anilines is 1. The minimum Gasteiger partial charge on any atom is -0.355 e. The van der Waals surface area contributed by atoms with Crippen LogP contribution in [-0.2, 0) is 6.42 Å². The molecule has 2 aromatic rings. The summed E-state index contributed by atoms with van der Waals surface area (Å²) >= 11 is 6.38. The highest BCUT2D eigenvalue weighted by molar-refractivity contribution is 6.31. The van der Waals surface area contributed by atoms with E-state index < -0.39 is 0 Å². The molecule has 1 aromatic carbocycles. The maximum Gasteiger partial charge on any atom is 0.147 e. The SMILES string of the molecule is NC1c2cccc(Cl)c2CC12CCN(c1cnccn1)CC2. The fourth-order valence-corrected chi connectivity index (χ4v) is 4.22. The van der Waals surface area contributed by atoms with Crippen molar-refractivity contribution >= 4 is 17.4 Å². The third-order valence-corrected chi connectivity index (χ3v) is 5.67. The van der Waals surface area contributed by atoms with Gasteiger partial charge in [0.25, 0.3) is 0 Å². The Balaban J connectivity index is 1.56. The van der Waals surface area contributed by atoms with Crippen molar-refractivity contribution in [2.45, 2.75) is 25.3 Å². The number of nitrogens with two attached hydrogens (primary N) is 1. The van der Waals surface area contributed by atoms with Gasteiger partial charge in [0.05, 0.1) is 6.20 Å². The van der Waals surface area contributed by atoms with Crippen LogP contribution in [0.15, 0.2) is 36.8 Å². The molecule has 0 radical (unpaired) electrons. The monoisotopic (exact) mass is 314 g/mol. The topological polar surface area (TPSA) is 55.0 Å². The Bertz CT molecular complexity index is 680. The lowest BCUT2D eigenvalue weighted by atomic mass is 9.73. The number of hydrogen-bond acceptors (Lipinski definition) is 4. The first-order valence-corrected chi connectivity index (χ1v) is 8.11. The summed E-state index contributed by atoms with van der Waals surface area (Å²) in [6.45, 7) is 1.94. The number of nitrogens with zero attached hydrogens (tertiary/aromatic N) is 3. The molecule has 1 fully saturated rings. The third kappa shape index (κ3) is 2.09. The van der Waals surface area contributed by atoms with Crippen LogP contribution in [0.5, 0.6) is 0 Å². The smallest absolute Gasteiger partial charge is 0.147 e. The van der Waals surface area contributed by atoms with Gasteiger partial charge in [-0.15, -0.1) is 0 Å². The van der Waals surface area contributed by atoms with E-state index >= 15 is 0 Å². The molecule has 1 atom stereocenters. The summed E-state index contributed by atoms with van der Waals surface area (Å²) < 4.78 is 0. The number of fused-ring (bicyclic) bond motifs is 1. The number of halogens is 1. The molecule has 1 unspecified atom stereocenters. The van der Waals surface area contributed by atoms with E-state index in [4.69, 9.17) is 17.3 Å². The Morgan fingerprint density at radius 1 is 1.23 bits per heavy atom. The van der Waals surface area contributed by atoms with Crippen LogP contribution in [0.4, 0.5) is 5.82 Å². The van der Waals surface area contributed by atoms with Gasteiger partial charge in [0.15, 0.2) is 0 Å². The summed E-state index contributed by atoms with van der Waals surface area (Å²) in [5.74, 6) is 0.958. The highest BCUT2D eigenvalue weighted by Crippen LogP contribution is 2.52. The highest BCUT2D eigenvalue weighted by atomic mass is 35.5. The maximum absolute atomic E-state index is 6.60. The van der Waals surface area contributed by atoms with Crippen LogP contribution in [0, 0.1) is 5.41 Å². The average Bonchev–Trinajstić information content (AvgIpc) is 2.84. The van der Waals surface area contributed by atoms with Crippen LogP contribution in [-0.4, -0.2) is 23.1 Å². The predicted molar refractivity (Wildman–Crippen MR) is 88.0 cm³/mol. The van der Waals surface area contributed by atoms with Crippen LogP contribution in [0.3, 0.4) is 0 Å². The summed E-state index contributed by atoms with van der Waals surface area (Å²) in [5, 5.41) is 0.862. The van der Waals surface area contributed by atoms with Crippen molar-refractivity contribution in [3.63, 3.8) is 0 Å². The van der Waals surface area contributed by atoms with Crippen LogP contribution >= 0.6 is 11.6 Å². The Kier molecular flexibility index (Phi) is 3.31. The lowest BCUT2D eigenvalue weighted by Crippen LogP contribution is -2.44. The van der Waals surface area contributed by atoms with E-state index in [0.717, 1.165) is 43.2 Å². The molecule has 5 heteroatoms. The fraction of sp³-hybridized carbons (Fsp3) is 0.412. The molecular formula is C17H19ClN4. The van der Waals surface area contributed by atoms with Crippen molar-refractivity contribution in [2.75, 3.05) is 18.0 Å². The summed E-state index contributed by atoms with van der Waals surface area (Å²) in [6.07, 6.45) is 8.41. The average molecular weight is 315 g/mol. The van der Waals surface area contributed by atoms with Gasteiger partial charge in [-0.1, -0.05) is 23.7 Å². The highest BCUT2D eigenvalue weighted by Gasteiger charge is 2.46. The van der Waals surface area contributed by atoms with Crippen molar-refractivity contribution in [2.24, 2.45) is 11.1 Å². The van der Waals surface area contributed by atoms with Gasteiger partial charge < -0.3 is 10.6 Å². The summed E-state index contributed by atoms with van der Waals surface area (Å²) in [4.78, 5) is 10.9. The maximum atomic E-state index is 6.60. The minimum absolute atomic E-state index is 0.0882. The quantitative estimate of drug-likeness (QED) is 0.879. The molecule has 0 bridgehead atoms. The van der Waals surface area contributed by atoms with Crippen molar-refractivity contribution in [3.05, 3.63) is 52.9 Å². The number of piperidine rings is 1. The molecular weight excluding hydrogens is 296 g/mol. The minimum atomic E-state index is 0.0882. The number of hydrogen-bond donors (Lipinski definition) is 1. The van der Waals surface area contributed by atoms with Crippen molar-refractivity contribution < 1.29 is 0 Å². The van der Waals surface area contributed by atoms with Gasteiger partial charge in [0, 0.05) is 36.5 Å². The van der Waals surface area contributed by atoms with Crippen LogP contribution in [0.1, 0.15) is 30.0 Å². The fourth-order valence-electron chi connectivity index (χ4n) is 3.97. The zero-order valence-electron chi connectivity index (χ0n) is 12.4. The second kappa shape index (κ2) is 5.21. The molecule has 2 heterocycles. The molecule has 1 aliphatic heterocycles. The van der Waals surface area contributed by atoms with Crippen LogP contribution in [0.2, 0.25) is 5.02 Å². The second-order valence-electron chi connectivity index (χ2n) is 6.38. The summed E-state index contributed by atoms with van der Waals surface area (Å²) in [6, 6.07) is 6.20. The van der Waals surface area contributed by atoms with Gasteiger partial charge in [-0.3, -0.25) is 4.98 Å². The first-order chi connectivity index (χ1) is 10.7. The van der Waals surface area contributed by atoms with E-state index in [1.165, 1.54) is 11.1 Å². The molecule has 2 aliphatic rings. The number of aromatic nitrogens is 2. The van der Waals surface area contributed by atoms with Gasteiger partial charge in [-0.25, -0.2) is 4.98 Å². The largest absolute Gasteiger partial charge is 0.355 e. The van der Waals surface area contributed by atoms with E-state index in [1.54, 1.807) is 12.4 Å². The molecule has 0 saturated carbocycles. The standard InChI is InChI=1S/C17H19ClN4/c18-14-3-1-2-12-13(14)10-17(16(12)19)4-8-22(9-5-17)15-11-20-6-7-21-15/h1-3,6-7,11,16H,4-5,8-10,19H2. The molecule has 0 amide bonds. The van der Waals surface area contributed by atoms with E-state index in [1.807, 2.05) is 18.3 Å². The van der Waals surface area contributed by atoms with Gasteiger partial charge >= 0.3 is 0 Å². The predicted octanol–water partition coefficient (Wildman–Crippen LogP) is 2.97. The second-order valence-corrected chi connectivity index (χ2v) is 6.78. The molecule has 4 nitrogen and oxygen atoms in total. The Morgan fingerprint density at radius 3 is 2.73 bits per heavy atom. The molecule has 1 aromatic heterocycles. The molecule has 114 valence electrons. The van der Waals surface area contributed by atoms with Crippen LogP contribution in [0.25, 0.3) is 0 Å². The Labute approximate surface area is 135 Å². The Hall–Kier alpha value is -1.65. The molecule has 4 rings (SSSR count). The van der Waals surface area contributed by atoms with E-state index in [0.29, 0.717) is 0 Å². The lowest BCUT2D eigenvalue weighted by Gasteiger charge is -2.42. The number of benzene rings is 1. The van der Waals surface area contributed by atoms with Crippen molar-refractivity contribution in [1.82, 2.24) is 9.97 Å². The van der Waals surface area contributed by atoms with E-state index in [-0.39, 0.29) is 11.5 Å². The number of rotatable bonds is 1. The van der Waals surface area contributed by atoms with Crippen molar-refractivity contribution in [1.29, 1.82) is 0 Å². The van der Waals surface area contributed by atoms with Crippen molar-refractivity contribution in [3.8, 4) is 0 Å². The molecule has 1 aliphatic carbocycles. The molecule has 2 N–H and O–H groups in total. The first kappa shape index (κ1) is 14.0. The lowest BCUT2D eigenvalue weighted by molar-refractivity contribution is 0.187. The van der Waals surface area contributed by atoms with Gasteiger partial charge in [0.1, 0.15) is 5.82 Å². The van der Waals surface area contributed by atoms with E-state index in [2.05, 4.69) is 20.9 Å². The zero-order chi connectivity index (χ0) is 15.2. The molecule has 1 spiro atoms. The molecule has 22 heavy (non-hydrogen) atoms. The molecule has 1 saturated heterocycles. The Morgan fingerprint density at radius 2 is 2.05 bits per heavy atom. The van der Waals surface area contributed by atoms with Gasteiger partial charge in [0.2, 0.25) is 0 Å². The van der Waals surface area contributed by atoms with E-state index in [9.17, 15) is 0 Å². The van der Waals surface area contributed by atoms with Gasteiger partial charge in [-0.05, 0) is 41.9 Å². The van der Waals surface area contributed by atoms with Crippen LogP contribution < -0.4 is 10.6 Å². The van der Waals surface area contributed by atoms with Gasteiger partial charge in [-0.2, -0.15) is 0 Å².